The van der Waals surface area contributed by atoms with E-state index in [0.717, 1.165) is 18.4 Å². The van der Waals surface area contributed by atoms with Crippen molar-refractivity contribution in [3.05, 3.63) is 35.9 Å². The highest BCUT2D eigenvalue weighted by Gasteiger charge is 2.52. The quantitative estimate of drug-likeness (QED) is 0.189. The van der Waals surface area contributed by atoms with Crippen molar-refractivity contribution in [2.75, 3.05) is 20.2 Å². The van der Waals surface area contributed by atoms with Crippen LogP contribution < -0.4 is 0 Å². The minimum absolute atomic E-state index is 0.00618. The molecule has 0 spiro atoms. The lowest BCUT2D eigenvalue weighted by atomic mass is 9.95. The van der Waals surface area contributed by atoms with Gasteiger partial charge in [0.2, 0.25) is 0 Å². The topological polar surface area (TPSA) is 46.5 Å². The van der Waals surface area contributed by atoms with E-state index in [9.17, 15) is 9.90 Å². The second kappa shape index (κ2) is 13.5. The number of carbonyl (C=O) groups is 1. The third kappa shape index (κ3) is 7.29. The molecule has 186 valence electrons. The molecular weight excluding hydrogens is 410 g/mol. The number of fused-ring (bicyclic) bond motifs is 2. The van der Waals surface area contributed by atoms with E-state index in [1.54, 1.807) is 0 Å². The van der Waals surface area contributed by atoms with Crippen LogP contribution in [0.1, 0.15) is 108 Å². The lowest BCUT2D eigenvalue weighted by molar-refractivity contribution is -0.949. The summed E-state index contributed by atoms with van der Waals surface area (Å²) in [6.45, 7) is 3.35. The normalized spacial score (nSPS) is 27.4. The number of nitrogens with zero attached hydrogens (tertiary/aromatic N) is 1. The Bertz CT molecular complexity index is 677. The fourth-order valence-corrected chi connectivity index (χ4v) is 6.34. The molecule has 4 nitrogen and oxygen atoms in total. The number of esters is 1. The zero-order chi connectivity index (χ0) is 23.5. The van der Waals surface area contributed by atoms with Crippen molar-refractivity contribution in [1.29, 1.82) is 0 Å². The molecule has 2 heterocycles. The molecule has 1 aromatic carbocycles. The predicted octanol–water partition coefficient (Wildman–Crippen LogP) is 6.37. The first-order chi connectivity index (χ1) is 16.1. The van der Waals surface area contributed by atoms with Crippen LogP contribution in [0.2, 0.25) is 0 Å². The standard InChI is InChI=1S/C29H48NO3/c1-3-4-5-6-7-8-9-10-11-15-20-30(2)25-18-19-26(30)22-27(21-25)33-29(32)28(23-31)24-16-13-12-14-17-24/h12-14,16-17,25-28,31H,3-11,15,18-23H2,1-2H3/q+1/t25-,26-,27?,28+,30?/m1/s1. The molecule has 0 radical (unpaired) electrons. The number of unbranched alkanes of at least 4 members (excludes halogenated alkanes) is 9. The van der Waals surface area contributed by atoms with Gasteiger partial charge in [-0.2, -0.15) is 0 Å². The summed E-state index contributed by atoms with van der Waals surface area (Å²) in [6.07, 6.45) is 18.3. The summed E-state index contributed by atoms with van der Waals surface area (Å²) in [4.78, 5) is 12.8. The Hall–Kier alpha value is -1.39. The number of piperidine rings is 1. The fourth-order valence-electron chi connectivity index (χ4n) is 6.34. The summed E-state index contributed by atoms with van der Waals surface area (Å²) in [6, 6.07) is 10.8. The SMILES string of the molecule is CCCCCCCCCCCC[N+]1(C)[C@@H]2CC[C@@H]1CC(OC(=O)[C@@H](CO)c1ccccc1)C2. The van der Waals surface area contributed by atoms with Gasteiger partial charge in [0, 0.05) is 25.7 Å². The number of rotatable bonds is 15. The molecule has 0 amide bonds. The number of carbonyl (C=O) groups excluding carboxylic acids is 1. The number of hydrogen-bond acceptors (Lipinski definition) is 3. The summed E-state index contributed by atoms with van der Waals surface area (Å²) in [7, 11) is 2.45. The van der Waals surface area contributed by atoms with Crippen molar-refractivity contribution in [3.8, 4) is 0 Å². The van der Waals surface area contributed by atoms with E-state index in [-0.39, 0.29) is 18.7 Å². The number of ether oxygens (including phenoxy) is 1. The Morgan fingerprint density at radius 1 is 0.939 bits per heavy atom. The lowest BCUT2D eigenvalue weighted by Gasteiger charge is -2.47. The summed E-state index contributed by atoms with van der Waals surface area (Å²) in [5, 5.41) is 9.80. The average Bonchev–Trinajstić information content (AvgIpc) is 2.98. The van der Waals surface area contributed by atoms with Crippen molar-refractivity contribution in [2.24, 2.45) is 0 Å². The highest BCUT2D eigenvalue weighted by atomic mass is 16.5. The number of aliphatic hydroxyl groups excluding tert-OH is 1. The van der Waals surface area contributed by atoms with Crippen molar-refractivity contribution in [2.45, 2.75) is 121 Å². The molecule has 2 aliphatic heterocycles. The molecule has 2 bridgehead atoms. The van der Waals surface area contributed by atoms with Crippen LogP contribution in [0, 0.1) is 0 Å². The fraction of sp³-hybridized carbons (Fsp3) is 0.759. The van der Waals surface area contributed by atoms with Crippen LogP contribution in [0.25, 0.3) is 0 Å². The molecule has 1 N–H and O–H groups in total. The van der Waals surface area contributed by atoms with Gasteiger partial charge in [0.05, 0.1) is 32.3 Å². The maximum absolute atomic E-state index is 12.8. The average molecular weight is 459 g/mol. The molecule has 2 fully saturated rings. The van der Waals surface area contributed by atoms with E-state index in [2.05, 4.69) is 14.0 Å². The Kier molecular flexibility index (Phi) is 10.7. The molecule has 1 aromatic rings. The molecule has 3 rings (SSSR count). The van der Waals surface area contributed by atoms with Gasteiger partial charge in [-0.1, -0.05) is 88.6 Å². The third-order valence-electron chi connectivity index (χ3n) is 8.52. The monoisotopic (exact) mass is 458 g/mol. The first kappa shape index (κ1) is 26.2. The van der Waals surface area contributed by atoms with E-state index in [1.165, 1.54) is 88.1 Å². The Morgan fingerprint density at radius 3 is 2.03 bits per heavy atom. The van der Waals surface area contributed by atoms with Gasteiger partial charge in [-0.15, -0.1) is 0 Å². The van der Waals surface area contributed by atoms with Gasteiger partial charge < -0.3 is 14.3 Å². The zero-order valence-corrected chi connectivity index (χ0v) is 21.2. The molecule has 0 saturated carbocycles. The molecular formula is C29H48NO3+. The molecule has 33 heavy (non-hydrogen) atoms. The second-order valence-electron chi connectivity index (χ2n) is 10.8. The van der Waals surface area contributed by atoms with E-state index in [0.29, 0.717) is 12.1 Å². The van der Waals surface area contributed by atoms with Gasteiger partial charge in [0.1, 0.15) is 12.0 Å². The van der Waals surface area contributed by atoms with Crippen molar-refractivity contribution in [3.63, 3.8) is 0 Å². The zero-order valence-electron chi connectivity index (χ0n) is 21.2. The van der Waals surface area contributed by atoms with E-state index >= 15 is 0 Å². The molecule has 2 saturated heterocycles. The van der Waals surface area contributed by atoms with E-state index in [4.69, 9.17) is 4.74 Å². The molecule has 0 aromatic heterocycles. The van der Waals surface area contributed by atoms with Crippen molar-refractivity contribution >= 4 is 5.97 Å². The predicted molar refractivity (Wildman–Crippen MR) is 135 cm³/mol. The third-order valence-corrected chi connectivity index (χ3v) is 8.52. The highest BCUT2D eigenvalue weighted by Crippen LogP contribution is 2.42. The molecule has 2 aliphatic rings. The van der Waals surface area contributed by atoms with Crippen LogP contribution in [0.15, 0.2) is 30.3 Å². The van der Waals surface area contributed by atoms with Gasteiger partial charge in [0.15, 0.2) is 0 Å². The summed E-state index contributed by atoms with van der Waals surface area (Å²) >= 11 is 0. The second-order valence-corrected chi connectivity index (χ2v) is 10.8. The number of aliphatic hydroxyl groups is 1. The minimum atomic E-state index is -0.571. The minimum Gasteiger partial charge on any atom is -0.461 e. The molecule has 0 aliphatic carbocycles. The van der Waals surface area contributed by atoms with Crippen LogP contribution in [0.3, 0.4) is 0 Å². The largest absolute Gasteiger partial charge is 0.461 e. The Balaban J connectivity index is 1.38. The number of quaternary nitrogens is 1. The van der Waals surface area contributed by atoms with Crippen LogP contribution in [0.4, 0.5) is 0 Å². The van der Waals surface area contributed by atoms with Gasteiger partial charge in [0.25, 0.3) is 0 Å². The first-order valence-electron chi connectivity index (χ1n) is 13.8. The lowest BCUT2D eigenvalue weighted by Crippen LogP contribution is -2.59. The number of benzene rings is 1. The van der Waals surface area contributed by atoms with Gasteiger partial charge in [-0.25, -0.2) is 0 Å². The van der Waals surface area contributed by atoms with E-state index in [1.807, 2.05) is 30.3 Å². The van der Waals surface area contributed by atoms with Crippen LogP contribution in [0.5, 0.6) is 0 Å². The van der Waals surface area contributed by atoms with Crippen LogP contribution >= 0.6 is 0 Å². The van der Waals surface area contributed by atoms with Gasteiger partial charge in [-0.05, 0) is 18.4 Å². The molecule has 4 heteroatoms. The maximum atomic E-state index is 12.8. The summed E-state index contributed by atoms with van der Waals surface area (Å²) < 4.78 is 7.16. The van der Waals surface area contributed by atoms with Crippen molar-refractivity contribution < 1.29 is 19.1 Å². The molecule has 3 atom stereocenters. The maximum Gasteiger partial charge on any atom is 0.316 e. The smallest absolute Gasteiger partial charge is 0.316 e. The van der Waals surface area contributed by atoms with Crippen LogP contribution in [-0.2, 0) is 9.53 Å². The van der Waals surface area contributed by atoms with Gasteiger partial charge >= 0.3 is 5.97 Å². The molecule has 0 unspecified atom stereocenters. The first-order valence-corrected chi connectivity index (χ1v) is 13.8. The van der Waals surface area contributed by atoms with E-state index < -0.39 is 5.92 Å². The summed E-state index contributed by atoms with van der Waals surface area (Å²) in [5.41, 5.74) is 0.838. The Labute approximate surface area is 202 Å². The Morgan fingerprint density at radius 2 is 1.48 bits per heavy atom. The summed E-state index contributed by atoms with van der Waals surface area (Å²) in [5.74, 6) is -0.836. The number of hydrogen-bond donors (Lipinski definition) is 1. The van der Waals surface area contributed by atoms with Gasteiger partial charge in [-0.3, -0.25) is 4.79 Å². The van der Waals surface area contributed by atoms with Crippen molar-refractivity contribution in [1.82, 2.24) is 0 Å². The van der Waals surface area contributed by atoms with Crippen LogP contribution in [-0.4, -0.2) is 53.9 Å². The highest BCUT2D eigenvalue weighted by molar-refractivity contribution is 5.78.